The molecule has 10 atom stereocenters. The molecule has 0 unspecified atom stereocenters. The van der Waals surface area contributed by atoms with Crippen LogP contribution < -0.4 is 22.5 Å². The minimum absolute atomic E-state index is 0.0385. The van der Waals surface area contributed by atoms with Crippen molar-refractivity contribution in [2.24, 2.45) is 5.73 Å². The molecule has 1 amide bonds. The molecule has 2 aromatic carbocycles. The van der Waals surface area contributed by atoms with Crippen molar-refractivity contribution in [1.29, 1.82) is 10.5 Å². The van der Waals surface area contributed by atoms with Crippen LogP contribution in [0.4, 0.5) is 16.4 Å². The summed E-state index contributed by atoms with van der Waals surface area (Å²) in [7, 11) is 0. The van der Waals surface area contributed by atoms with Gasteiger partial charge in [-0.15, -0.1) is 0 Å². The molecule has 392 valence electrons. The van der Waals surface area contributed by atoms with Crippen molar-refractivity contribution < 1.29 is 64.0 Å². The van der Waals surface area contributed by atoms with Gasteiger partial charge in [-0.1, -0.05) is 60.7 Å². The predicted molar refractivity (Wildman–Crippen MR) is 259 cm³/mol. The summed E-state index contributed by atoms with van der Waals surface area (Å²) in [6, 6.07) is 28.0. The lowest BCUT2D eigenvalue weighted by atomic mass is 9.92. The second-order valence-electron chi connectivity index (χ2n) is 18.4. The molecule has 8 rings (SSSR count). The molecule has 25 nitrogen and oxygen atoms in total. The Hall–Kier alpha value is -7.85. The number of nitriles is 2. The topological polar surface area (TPSA) is 408 Å². The maximum Gasteiger partial charge on any atom is 0.407 e. The van der Waals surface area contributed by atoms with Crippen molar-refractivity contribution in [2.75, 3.05) is 24.7 Å². The molecule has 6 aromatic rings. The van der Waals surface area contributed by atoms with Crippen molar-refractivity contribution in [2.45, 2.75) is 112 Å². The third kappa shape index (κ3) is 12.7. The SMILES string of the molecule is CC(C)(C)OC(=O)N[C@H](CC(=O)O)Cc1ccccc1.N#C[C@@]1(c2ccc3c(N)ncnn23)O[C@H](CO)[C@@H](O)[C@H]1O.N#C[C@@]1(c2ccc3c(N)ncnn23)O[C@H](COC(=O)C[C@@H](N)Cc2ccccc2)[C@@H](O)[C@H]1O. The van der Waals surface area contributed by atoms with Gasteiger partial charge >= 0.3 is 18.0 Å². The lowest BCUT2D eigenvalue weighted by Crippen LogP contribution is -2.41. The Morgan fingerprint density at radius 3 is 1.68 bits per heavy atom. The highest BCUT2D eigenvalue weighted by molar-refractivity contribution is 5.72. The van der Waals surface area contributed by atoms with Crippen LogP contribution in [0.2, 0.25) is 0 Å². The number of benzene rings is 2. The predicted octanol–water partition coefficient (Wildman–Crippen LogP) is 0.395. The van der Waals surface area contributed by atoms with Gasteiger partial charge in [0.05, 0.1) is 30.8 Å². The first-order valence-corrected chi connectivity index (χ1v) is 23.1. The van der Waals surface area contributed by atoms with Gasteiger partial charge in [-0.25, -0.2) is 23.8 Å². The molecule has 2 saturated heterocycles. The molecule has 74 heavy (non-hydrogen) atoms. The van der Waals surface area contributed by atoms with E-state index in [2.05, 4.69) is 25.5 Å². The molecule has 4 aromatic heterocycles. The molecule has 0 spiro atoms. The van der Waals surface area contributed by atoms with E-state index in [-0.39, 0.29) is 42.5 Å². The number of carboxylic acids is 1. The monoisotopic (exact) mass is 1020 g/mol. The molecule has 2 aliphatic rings. The Labute approximate surface area is 423 Å². The molecule has 0 aliphatic carbocycles. The molecule has 6 heterocycles. The van der Waals surface area contributed by atoms with E-state index in [4.69, 9.17) is 41.3 Å². The van der Waals surface area contributed by atoms with Gasteiger partial charge in [0, 0.05) is 12.1 Å². The summed E-state index contributed by atoms with van der Waals surface area (Å²) in [5, 5.41) is 89.5. The second kappa shape index (κ2) is 23.8. The molecule has 2 aliphatic heterocycles. The van der Waals surface area contributed by atoms with Gasteiger partial charge in [0.2, 0.25) is 11.2 Å². The third-order valence-electron chi connectivity index (χ3n) is 11.8. The average Bonchev–Trinajstić information content (AvgIpc) is 4.12. The fourth-order valence-corrected chi connectivity index (χ4v) is 8.31. The van der Waals surface area contributed by atoms with Gasteiger partial charge in [0.1, 0.15) is 84.7 Å². The molecule has 0 bridgehead atoms. The van der Waals surface area contributed by atoms with Gasteiger partial charge in [0.15, 0.2) is 11.6 Å². The summed E-state index contributed by atoms with van der Waals surface area (Å²) >= 11 is 0. The van der Waals surface area contributed by atoms with Crippen LogP contribution >= 0.6 is 0 Å². The number of nitrogen functional groups attached to an aromatic ring is 2. The van der Waals surface area contributed by atoms with Crippen LogP contribution in [0.15, 0.2) is 97.6 Å². The zero-order valence-electron chi connectivity index (χ0n) is 40.4. The van der Waals surface area contributed by atoms with Crippen molar-refractivity contribution in [3.63, 3.8) is 0 Å². The normalized spacial score (nSPS) is 24.0. The number of carbonyl (C=O) groups is 3. The number of esters is 1. The van der Waals surface area contributed by atoms with Gasteiger partial charge in [-0.05, 0) is 69.0 Å². The summed E-state index contributed by atoms with van der Waals surface area (Å²) in [6.07, 6.45) is -5.66. The fraction of sp³-hybridized carbons (Fsp3) is 0.408. The van der Waals surface area contributed by atoms with Crippen LogP contribution in [-0.4, -0.2) is 145 Å². The van der Waals surface area contributed by atoms with Crippen LogP contribution in [0.1, 0.15) is 56.1 Å². The Morgan fingerprint density at radius 2 is 1.23 bits per heavy atom. The van der Waals surface area contributed by atoms with Crippen LogP contribution in [0.5, 0.6) is 0 Å². The number of aromatic nitrogens is 6. The molecule has 0 radical (unpaired) electrons. The summed E-state index contributed by atoms with van der Waals surface area (Å²) in [4.78, 5) is 42.6. The highest BCUT2D eigenvalue weighted by Crippen LogP contribution is 2.42. The number of carbonyl (C=O) groups excluding carboxylic acids is 2. The van der Waals surface area contributed by atoms with Crippen LogP contribution in [-0.2, 0) is 52.6 Å². The summed E-state index contributed by atoms with van der Waals surface area (Å²) < 4.78 is 24.2. The van der Waals surface area contributed by atoms with Gasteiger partial charge in [0.25, 0.3) is 0 Å². The number of fused-ring (bicyclic) bond motifs is 2. The number of hydrogen-bond donors (Lipinski definition) is 10. The number of anilines is 2. The number of carboxylic acid groups (broad SMARTS) is 1. The van der Waals surface area contributed by atoms with Crippen molar-refractivity contribution in [3.8, 4) is 12.1 Å². The lowest BCUT2D eigenvalue weighted by molar-refractivity contribution is -0.151. The summed E-state index contributed by atoms with van der Waals surface area (Å²) in [6.45, 7) is 4.39. The van der Waals surface area contributed by atoms with E-state index in [1.165, 1.54) is 33.8 Å². The minimum Gasteiger partial charge on any atom is -0.481 e. The van der Waals surface area contributed by atoms with E-state index in [0.717, 1.165) is 11.1 Å². The highest BCUT2D eigenvalue weighted by atomic mass is 16.6. The van der Waals surface area contributed by atoms with Crippen LogP contribution in [0.3, 0.4) is 0 Å². The number of rotatable bonds is 14. The molecule has 13 N–H and O–H groups in total. The smallest absolute Gasteiger partial charge is 0.407 e. The highest BCUT2D eigenvalue weighted by Gasteiger charge is 2.59. The van der Waals surface area contributed by atoms with E-state index >= 15 is 0 Å². The largest absolute Gasteiger partial charge is 0.481 e. The van der Waals surface area contributed by atoms with E-state index in [1.807, 2.05) is 72.8 Å². The van der Waals surface area contributed by atoms with Gasteiger partial charge in [-0.3, -0.25) is 9.59 Å². The van der Waals surface area contributed by atoms with Gasteiger partial charge < -0.3 is 72.1 Å². The first-order chi connectivity index (χ1) is 35.2. The lowest BCUT2D eigenvalue weighted by Gasteiger charge is -2.24. The summed E-state index contributed by atoms with van der Waals surface area (Å²) in [5.74, 6) is -1.15. The zero-order valence-corrected chi connectivity index (χ0v) is 40.4. The number of aliphatic carboxylic acids is 1. The number of aliphatic hydroxyl groups excluding tert-OH is 5. The molecule has 25 heteroatoms. The van der Waals surface area contributed by atoms with E-state index in [1.54, 1.807) is 32.9 Å². The fourth-order valence-electron chi connectivity index (χ4n) is 8.31. The second-order valence-corrected chi connectivity index (χ2v) is 18.4. The zero-order chi connectivity index (χ0) is 54.0. The first-order valence-electron chi connectivity index (χ1n) is 23.1. The van der Waals surface area contributed by atoms with Crippen molar-refractivity contribution >= 4 is 40.7 Å². The number of nitrogens with one attached hydrogen (secondary N) is 1. The standard InChI is InChI=1S/C22H24N6O5.C15H21NO4.C12H13N5O4/c23-11-22(17-7-6-15-21(25)26-12-27-28(15)17)20(31)19(30)16(33-22)10-32-18(29)9-14(24)8-13-4-2-1-3-5-13;1-15(2,3)20-14(19)16-12(10-13(17)18)9-11-7-5-4-6-8-11;13-4-12(10(20)9(19)7(3-18)21-12)8-2-1-6-11(14)15-5-16-17(6)8/h1-7,12,14,16,19-20,30-31H,8-10,24H2,(H2,25,26,27);4-8,12H,9-10H2,1-3H3,(H,16,19)(H,17,18);1-2,5,7,9-10,18-20H,3H2,(H2,14,15,16)/t14-,16+,19+,20+,22-;12-;7-,9-,10-,12+/m001/s1. The number of hydrogen-bond acceptors (Lipinski definition) is 21. The van der Waals surface area contributed by atoms with E-state index in [0.29, 0.717) is 23.9 Å². The average molecular weight is 1020 g/mol. The van der Waals surface area contributed by atoms with Crippen molar-refractivity contribution in [1.82, 2.24) is 34.5 Å². The molecular weight excluding hydrogens is 965 g/mol. The van der Waals surface area contributed by atoms with Crippen LogP contribution in [0.25, 0.3) is 11.0 Å². The maximum atomic E-state index is 12.3. The Balaban J connectivity index is 0.000000190. The quantitative estimate of drug-likeness (QED) is 0.0660. The Morgan fingerprint density at radius 1 is 0.757 bits per heavy atom. The maximum absolute atomic E-state index is 12.3. The van der Waals surface area contributed by atoms with Crippen molar-refractivity contribution in [3.05, 3.63) is 120 Å². The van der Waals surface area contributed by atoms with Gasteiger partial charge in [-0.2, -0.15) is 20.7 Å². The van der Waals surface area contributed by atoms with E-state index < -0.39 is 90.1 Å². The number of alkyl carbamates (subject to hydrolysis) is 1. The number of amides is 1. The number of nitrogens with zero attached hydrogens (tertiary/aromatic N) is 8. The Kier molecular flexibility index (Phi) is 17.8. The third-order valence-corrected chi connectivity index (χ3v) is 11.8. The number of nitrogens with two attached hydrogens (primary N) is 3. The van der Waals surface area contributed by atoms with E-state index in [9.17, 15) is 50.4 Å². The first kappa shape index (κ1) is 55.5. The molecular formula is C49H58N12O13. The number of ether oxygens (including phenoxy) is 4. The summed E-state index contributed by atoms with van der Waals surface area (Å²) in [5.41, 5.74) is 16.4. The molecule has 0 saturated carbocycles. The van der Waals surface area contributed by atoms with Crippen LogP contribution in [0, 0.1) is 22.7 Å². The minimum atomic E-state index is -1.95. The molecule has 2 fully saturated rings. The Bertz CT molecular complexity index is 2960. The number of aliphatic hydroxyl groups is 5.